The number of pyridine rings is 1. The van der Waals surface area contributed by atoms with E-state index in [9.17, 15) is 0 Å². The third-order valence-corrected chi connectivity index (χ3v) is 4.64. The first-order valence-electron chi connectivity index (χ1n) is 8.47. The SMILES string of the molecule is CC1CCCN(C(N)=NCc2ccnc(N3CCCC3)c2)C1. The molecule has 1 aromatic heterocycles. The zero-order chi connectivity index (χ0) is 15.4. The molecule has 0 saturated carbocycles. The highest BCUT2D eigenvalue weighted by Gasteiger charge is 2.17. The van der Waals surface area contributed by atoms with Crippen LogP contribution in [0.5, 0.6) is 0 Å². The molecule has 120 valence electrons. The molecule has 22 heavy (non-hydrogen) atoms. The summed E-state index contributed by atoms with van der Waals surface area (Å²) in [5.41, 5.74) is 7.35. The first-order chi connectivity index (χ1) is 10.7. The van der Waals surface area contributed by atoms with Crippen LogP contribution in [0, 0.1) is 5.92 Å². The van der Waals surface area contributed by atoms with Crippen molar-refractivity contribution in [2.24, 2.45) is 16.6 Å². The molecule has 0 bridgehead atoms. The van der Waals surface area contributed by atoms with Crippen LogP contribution < -0.4 is 10.6 Å². The number of likely N-dealkylation sites (tertiary alicyclic amines) is 1. The average molecular weight is 301 g/mol. The summed E-state index contributed by atoms with van der Waals surface area (Å²) in [5, 5.41) is 0. The van der Waals surface area contributed by atoms with Gasteiger partial charge in [-0.05, 0) is 49.3 Å². The van der Waals surface area contributed by atoms with E-state index in [0.29, 0.717) is 18.4 Å². The largest absolute Gasteiger partial charge is 0.370 e. The van der Waals surface area contributed by atoms with Crippen LogP contribution in [0.15, 0.2) is 23.3 Å². The smallest absolute Gasteiger partial charge is 0.191 e. The molecule has 0 spiro atoms. The molecule has 2 N–H and O–H groups in total. The molecule has 2 saturated heterocycles. The van der Waals surface area contributed by atoms with Gasteiger partial charge in [-0.2, -0.15) is 0 Å². The fourth-order valence-corrected chi connectivity index (χ4v) is 3.35. The lowest BCUT2D eigenvalue weighted by Gasteiger charge is -2.31. The van der Waals surface area contributed by atoms with Crippen molar-refractivity contribution in [1.29, 1.82) is 0 Å². The quantitative estimate of drug-likeness (QED) is 0.687. The molecule has 1 unspecified atom stereocenters. The minimum absolute atomic E-state index is 0.639. The molecule has 0 radical (unpaired) electrons. The number of nitrogens with two attached hydrogens (primary N) is 1. The van der Waals surface area contributed by atoms with Crippen LogP contribution in [0.25, 0.3) is 0 Å². The van der Waals surface area contributed by atoms with Crippen LogP contribution in [0.4, 0.5) is 5.82 Å². The summed E-state index contributed by atoms with van der Waals surface area (Å²) in [4.78, 5) is 13.6. The van der Waals surface area contributed by atoms with Gasteiger partial charge in [0.1, 0.15) is 5.82 Å². The van der Waals surface area contributed by atoms with Crippen LogP contribution in [0.2, 0.25) is 0 Å². The monoisotopic (exact) mass is 301 g/mol. The van der Waals surface area contributed by atoms with E-state index < -0.39 is 0 Å². The first-order valence-corrected chi connectivity index (χ1v) is 8.47. The molecule has 2 aliphatic rings. The van der Waals surface area contributed by atoms with Gasteiger partial charge in [0.2, 0.25) is 0 Å². The van der Waals surface area contributed by atoms with Crippen LogP contribution in [0.3, 0.4) is 0 Å². The Labute approximate surface area is 133 Å². The van der Waals surface area contributed by atoms with Crippen molar-refractivity contribution in [3.8, 4) is 0 Å². The molecule has 3 heterocycles. The lowest BCUT2D eigenvalue weighted by molar-refractivity contribution is 0.270. The van der Waals surface area contributed by atoms with Crippen molar-refractivity contribution in [2.45, 2.75) is 39.2 Å². The van der Waals surface area contributed by atoms with Gasteiger partial charge < -0.3 is 15.5 Å². The van der Waals surface area contributed by atoms with Gasteiger partial charge in [0, 0.05) is 32.4 Å². The second kappa shape index (κ2) is 6.99. The zero-order valence-corrected chi connectivity index (χ0v) is 13.5. The van der Waals surface area contributed by atoms with E-state index in [1.807, 2.05) is 12.3 Å². The maximum Gasteiger partial charge on any atom is 0.191 e. The lowest BCUT2D eigenvalue weighted by atomic mass is 10.0. The Bertz CT molecular complexity index is 522. The third-order valence-electron chi connectivity index (χ3n) is 4.64. The van der Waals surface area contributed by atoms with E-state index in [4.69, 9.17) is 5.73 Å². The van der Waals surface area contributed by atoms with Gasteiger partial charge in [0.25, 0.3) is 0 Å². The Balaban J connectivity index is 1.62. The molecule has 2 fully saturated rings. The number of aliphatic imine (C=N–C) groups is 1. The second-order valence-corrected chi connectivity index (χ2v) is 6.58. The predicted octanol–water partition coefficient (Wildman–Crippen LogP) is 2.23. The fraction of sp³-hybridized carbons (Fsp3) is 0.647. The highest BCUT2D eigenvalue weighted by Crippen LogP contribution is 2.19. The van der Waals surface area contributed by atoms with Crippen molar-refractivity contribution in [1.82, 2.24) is 9.88 Å². The first kappa shape index (κ1) is 15.1. The van der Waals surface area contributed by atoms with Crippen molar-refractivity contribution < 1.29 is 0 Å². The van der Waals surface area contributed by atoms with Crippen LogP contribution in [-0.2, 0) is 6.54 Å². The summed E-state index contributed by atoms with van der Waals surface area (Å²) in [5.74, 6) is 2.48. The standard InChI is InChI=1S/C17H27N5/c1-14-5-4-10-22(13-14)17(18)20-12-15-6-7-19-16(11-15)21-8-2-3-9-21/h6-7,11,14H,2-5,8-10,12-13H2,1H3,(H2,18,20). The molecular weight excluding hydrogens is 274 g/mol. The molecule has 1 atom stereocenters. The molecular formula is C17H27N5. The number of guanidine groups is 1. The van der Waals surface area contributed by atoms with Crippen molar-refractivity contribution in [3.05, 3.63) is 23.9 Å². The minimum atomic E-state index is 0.639. The Hall–Kier alpha value is -1.78. The summed E-state index contributed by atoms with van der Waals surface area (Å²) in [7, 11) is 0. The predicted molar refractivity (Wildman–Crippen MR) is 91.0 cm³/mol. The normalized spacial score (nSPS) is 23.1. The van der Waals surface area contributed by atoms with Crippen molar-refractivity contribution in [3.63, 3.8) is 0 Å². The van der Waals surface area contributed by atoms with Gasteiger partial charge in [0.15, 0.2) is 5.96 Å². The lowest BCUT2D eigenvalue weighted by Crippen LogP contribution is -2.43. The number of aromatic nitrogens is 1. The Morgan fingerprint density at radius 3 is 2.91 bits per heavy atom. The van der Waals surface area contributed by atoms with Crippen molar-refractivity contribution in [2.75, 3.05) is 31.1 Å². The number of piperidine rings is 1. The number of hydrogen-bond acceptors (Lipinski definition) is 3. The molecule has 2 aliphatic heterocycles. The number of hydrogen-bond donors (Lipinski definition) is 1. The Morgan fingerprint density at radius 1 is 1.32 bits per heavy atom. The summed E-state index contributed by atoms with van der Waals surface area (Å²) < 4.78 is 0. The molecule has 5 nitrogen and oxygen atoms in total. The highest BCUT2D eigenvalue weighted by molar-refractivity contribution is 5.78. The molecule has 0 amide bonds. The Kier molecular flexibility index (Phi) is 4.80. The van der Waals surface area contributed by atoms with E-state index >= 15 is 0 Å². The average Bonchev–Trinajstić information content (AvgIpc) is 3.07. The van der Waals surface area contributed by atoms with Crippen LogP contribution in [0.1, 0.15) is 38.2 Å². The molecule has 1 aromatic rings. The van der Waals surface area contributed by atoms with Crippen LogP contribution >= 0.6 is 0 Å². The molecule has 0 aliphatic carbocycles. The topological polar surface area (TPSA) is 57.8 Å². The van der Waals surface area contributed by atoms with Crippen molar-refractivity contribution >= 4 is 11.8 Å². The van der Waals surface area contributed by atoms with E-state index in [2.05, 4.69) is 32.8 Å². The Morgan fingerprint density at radius 2 is 2.14 bits per heavy atom. The minimum Gasteiger partial charge on any atom is -0.370 e. The van der Waals surface area contributed by atoms with E-state index in [1.165, 1.54) is 31.2 Å². The van der Waals surface area contributed by atoms with E-state index in [1.54, 1.807) is 0 Å². The zero-order valence-electron chi connectivity index (χ0n) is 13.5. The summed E-state index contributed by atoms with van der Waals surface area (Å²) in [6, 6.07) is 4.19. The third kappa shape index (κ3) is 3.70. The molecule has 5 heteroatoms. The maximum atomic E-state index is 6.17. The van der Waals surface area contributed by atoms with E-state index in [0.717, 1.165) is 32.0 Å². The van der Waals surface area contributed by atoms with Gasteiger partial charge in [-0.3, -0.25) is 0 Å². The van der Waals surface area contributed by atoms with Gasteiger partial charge in [-0.1, -0.05) is 6.92 Å². The number of rotatable bonds is 3. The van der Waals surface area contributed by atoms with Gasteiger partial charge in [-0.15, -0.1) is 0 Å². The number of nitrogens with zero attached hydrogens (tertiary/aromatic N) is 4. The van der Waals surface area contributed by atoms with Crippen LogP contribution in [-0.4, -0.2) is 42.0 Å². The fourth-order valence-electron chi connectivity index (χ4n) is 3.35. The molecule has 3 rings (SSSR count). The highest BCUT2D eigenvalue weighted by atomic mass is 15.3. The summed E-state index contributed by atoms with van der Waals surface area (Å²) in [6.07, 6.45) is 6.94. The second-order valence-electron chi connectivity index (χ2n) is 6.58. The number of anilines is 1. The van der Waals surface area contributed by atoms with Gasteiger partial charge in [0.05, 0.1) is 6.54 Å². The summed E-state index contributed by atoms with van der Waals surface area (Å²) >= 11 is 0. The van der Waals surface area contributed by atoms with Gasteiger partial charge in [-0.25, -0.2) is 9.98 Å². The van der Waals surface area contributed by atoms with Gasteiger partial charge >= 0.3 is 0 Å². The van der Waals surface area contributed by atoms with E-state index in [-0.39, 0.29) is 0 Å². The molecule has 0 aromatic carbocycles. The summed E-state index contributed by atoms with van der Waals surface area (Å²) in [6.45, 7) is 7.23. The maximum absolute atomic E-state index is 6.17.